The van der Waals surface area contributed by atoms with Crippen LogP contribution < -0.4 is 20.3 Å². The molecule has 11 nitrogen and oxygen atoms in total. The van der Waals surface area contributed by atoms with Crippen molar-refractivity contribution >= 4 is 27.5 Å². The molecule has 41 heavy (non-hydrogen) atoms. The molecule has 3 aromatic heterocycles. The Morgan fingerprint density at radius 1 is 1.05 bits per heavy atom. The van der Waals surface area contributed by atoms with E-state index in [0.717, 1.165) is 28.1 Å². The largest absolute Gasteiger partial charge is 0.506 e. The number of pyridine rings is 1. The minimum atomic E-state index is -0.596. The lowest BCUT2D eigenvalue weighted by Crippen LogP contribution is -2.24. The third-order valence-electron chi connectivity index (χ3n) is 6.49. The summed E-state index contributed by atoms with van der Waals surface area (Å²) in [5.41, 5.74) is 1.42. The van der Waals surface area contributed by atoms with Gasteiger partial charge < -0.3 is 29.3 Å². The van der Waals surface area contributed by atoms with Gasteiger partial charge in [-0.15, -0.1) is 21.5 Å². The highest BCUT2D eigenvalue weighted by molar-refractivity contribution is 7.18. The van der Waals surface area contributed by atoms with E-state index in [-0.39, 0.29) is 42.0 Å². The molecule has 5 aromatic rings. The summed E-state index contributed by atoms with van der Waals surface area (Å²) in [6.07, 6.45) is 1.94. The number of nitrogens with one attached hydrogen (secondary N) is 2. The molecule has 3 heterocycles. The standard InChI is InChI=1S/C29H29N5O6S/c1-4-5-9-17-24(25-18(38-2)11-8-12-19(25)39-3)27(36)26(28(37)32-17)29-34-33-22(40-29)14-21(35)30-15-23-31-16-10-6-7-13-20(16)41-23/h6-8,10-13H,4-5,9,14-15H2,1-3H3,(H,30,35)(H2,32,36,37). The van der Waals surface area contributed by atoms with Gasteiger partial charge in [0.15, 0.2) is 0 Å². The fourth-order valence-electron chi connectivity index (χ4n) is 4.54. The van der Waals surface area contributed by atoms with Gasteiger partial charge in [0.25, 0.3) is 11.4 Å². The normalized spacial score (nSPS) is 11.1. The maximum Gasteiger partial charge on any atom is 0.264 e. The van der Waals surface area contributed by atoms with Crippen LogP contribution in [-0.4, -0.2) is 45.4 Å². The summed E-state index contributed by atoms with van der Waals surface area (Å²) in [7, 11) is 3.03. The van der Waals surface area contributed by atoms with Gasteiger partial charge in [-0.25, -0.2) is 4.98 Å². The molecular weight excluding hydrogens is 546 g/mol. The first kappa shape index (κ1) is 27.8. The smallest absolute Gasteiger partial charge is 0.264 e. The maximum absolute atomic E-state index is 13.2. The summed E-state index contributed by atoms with van der Waals surface area (Å²) in [5, 5.41) is 23.0. The minimum Gasteiger partial charge on any atom is -0.506 e. The SMILES string of the molecule is CCCCc1[nH]c(=O)c(-c2nnc(CC(=O)NCc3nc4ccccc4s3)o2)c(O)c1-c1c(OC)cccc1OC. The number of hydrogen-bond donors (Lipinski definition) is 3. The predicted octanol–water partition coefficient (Wildman–Crippen LogP) is 4.63. The van der Waals surface area contributed by atoms with Crippen LogP contribution >= 0.6 is 11.3 Å². The number of nitrogens with zero attached hydrogens (tertiary/aromatic N) is 3. The number of aromatic hydroxyl groups is 1. The van der Waals surface area contributed by atoms with Gasteiger partial charge in [-0.2, -0.15) is 0 Å². The summed E-state index contributed by atoms with van der Waals surface area (Å²) in [5.74, 6) is -0.0233. The molecule has 0 unspecified atom stereocenters. The third kappa shape index (κ3) is 5.78. The monoisotopic (exact) mass is 575 g/mol. The summed E-state index contributed by atoms with van der Waals surface area (Å²) in [6, 6.07) is 13.0. The number of carbonyl (C=O) groups excluding carboxylic acids is 1. The number of thiazole rings is 1. The number of aromatic amines is 1. The van der Waals surface area contributed by atoms with Gasteiger partial charge in [-0.1, -0.05) is 31.5 Å². The van der Waals surface area contributed by atoms with Gasteiger partial charge in [0, 0.05) is 5.69 Å². The van der Waals surface area contributed by atoms with Gasteiger partial charge in [0.2, 0.25) is 11.8 Å². The van der Waals surface area contributed by atoms with Crippen molar-refractivity contribution in [3.05, 3.63) is 69.4 Å². The number of ether oxygens (including phenoxy) is 2. The zero-order valence-corrected chi connectivity index (χ0v) is 23.6. The van der Waals surface area contributed by atoms with Crippen molar-refractivity contribution in [3.63, 3.8) is 0 Å². The molecule has 0 aliphatic carbocycles. The Morgan fingerprint density at radius 2 is 1.80 bits per heavy atom. The Bertz CT molecular complexity index is 1700. The predicted molar refractivity (Wildman–Crippen MR) is 154 cm³/mol. The average Bonchev–Trinajstić information content (AvgIpc) is 3.61. The number of methoxy groups -OCH3 is 2. The van der Waals surface area contributed by atoms with E-state index in [9.17, 15) is 14.7 Å². The molecule has 5 rings (SSSR count). The molecule has 2 aromatic carbocycles. The van der Waals surface area contributed by atoms with Crippen LogP contribution in [0.5, 0.6) is 17.2 Å². The van der Waals surface area contributed by atoms with E-state index in [1.54, 1.807) is 18.2 Å². The van der Waals surface area contributed by atoms with Crippen molar-refractivity contribution in [2.75, 3.05) is 14.2 Å². The summed E-state index contributed by atoms with van der Waals surface area (Å²) in [4.78, 5) is 33.2. The summed E-state index contributed by atoms with van der Waals surface area (Å²) >= 11 is 1.50. The molecule has 0 radical (unpaired) electrons. The number of unbranched alkanes of at least 4 members (excludes halogenated alkanes) is 1. The molecule has 0 saturated heterocycles. The number of para-hydroxylation sites is 1. The van der Waals surface area contributed by atoms with Crippen LogP contribution in [0.4, 0.5) is 0 Å². The molecule has 1 amide bonds. The van der Waals surface area contributed by atoms with Crippen LogP contribution in [0, 0.1) is 0 Å². The van der Waals surface area contributed by atoms with Crippen molar-refractivity contribution in [2.45, 2.75) is 39.2 Å². The Morgan fingerprint density at radius 3 is 2.51 bits per heavy atom. The molecular formula is C29H29N5O6S. The lowest BCUT2D eigenvalue weighted by atomic mass is 9.96. The van der Waals surface area contributed by atoms with Crippen molar-refractivity contribution in [3.8, 4) is 39.8 Å². The number of benzene rings is 2. The first-order valence-electron chi connectivity index (χ1n) is 13.1. The highest BCUT2D eigenvalue weighted by Gasteiger charge is 2.27. The minimum absolute atomic E-state index is 0.00733. The molecule has 0 aliphatic rings. The van der Waals surface area contributed by atoms with Crippen molar-refractivity contribution in [1.82, 2.24) is 25.5 Å². The number of rotatable bonds is 11. The summed E-state index contributed by atoms with van der Waals surface area (Å²) in [6.45, 7) is 2.29. The van der Waals surface area contributed by atoms with Crippen LogP contribution in [0.3, 0.4) is 0 Å². The van der Waals surface area contributed by atoms with E-state index >= 15 is 0 Å². The Kier molecular flexibility index (Phi) is 8.29. The molecule has 212 valence electrons. The Hall–Kier alpha value is -4.71. The first-order chi connectivity index (χ1) is 19.9. The lowest BCUT2D eigenvalue weighted by molar-refractivity contribution is -0.120. The quantitative estimate of drug-likeness (QED) is 0.205. The van der Waals surface area contributed by atoms with Gasteiger partial charge in [0.1, 0.15) is 34.2 Å². The molecule has 0 bridgehead atoms. The number of hydrogen-bond acceptors (Lipinski definition) is 10. The van der Waals surface area contributed by atoms with Gasteiger partial charge in [-0.05, 0) is 37.1 Å². The number of fused-ring (bicyclic) bond motifs is 1. The van der Waals surface area contributed by atoms with Crippen LogP contribution in [0.2, 0.25) is 0 Å². The van der Waals surface area contributed by atoms with Crippen LogP contribution in [0.15, 0.2) is 51.7 Å². The molecule has 0 spiro atoms. The van der Waals surface area contributed by atoms with E-state index in [2.05, 4.69) is 25.5 Å². The zero-order valence-electron chi connectivity index (χ0n) is 22.8. The second-order valence-corrected chi connectivity index (χ2v) is 10.3. The van der Waals surface area contributed by atoms with Gasteiger partial charge in [-0.3, -0.25) is 9.59 Å². The van der Waals surface area contributed by atoms with Crippen molar-refractivity contribution in [1.29, 1.82) is 0 Å². The lowest BCUT2D eigenvalue weighted by Gasteiger charge is -2.18. The fraction of sp³-hybridized carbons (Fsp3) is 0.276. The highest BCUT2D eigenvalue weighted by Crippen LogP contribution is 2.46. The van der Waals surface area contributed by atoms with Crippen LogP contribution in [-0.2, 0) is 24.2 Å². The third-order valence-corrected chi connectivity index (χ3v) is 7.53. The van der Waals surface area contributed by atoms with Crippen LogP contribution in [0.25, 0.3) is 32.8 Å². The molecule has 3 N–H and O–H groups in total. The number of aryl methyl sites for hydroxylation is 1. The van der Waals surface area contributed by atoms with Gasteiger partial charge in [0.05, 0.1) is 42.1 Å². The second-order valence-electron chi connectivity index (χ2n) is 9.20. The van der Waals surface area contributed by atoms with E-state index in [0.29, 0.717) is 34.7 Å². The number of amides is 1. The second kappa shape index (κ2) is 12.2. The van der Waals surface area contributed by atoms with E-state index in [1.165, 1.54) is 25.6 Å². The van der Waals surface area contributed by atoms with E-state index in [4.69, 9.17) is 13.9 Å². The highest BCUT2D eigenvalue weighted by atomic mass is 32.1. The number of aromatic nitrogens is 4. The van der Waals surface area contributed by atoms with Crippen molar-refractivity contribution in [2.24, 2.45) is 0 Å². The van der Waals surface area contributed by atoms with E-state index < -0.39 is 5.56 Å². The first-order valence-corrected chi connectivity index (χ1v) is 13.9. The number of carbonyl (C=O) groups is 1. The Balaban J connectivity index is 1.43. The molecule has 0 saturated carbocycles. The topological polar surface area (TPSA) is 152 Å². The molecule has 0 fully saturated rings. The maximum atomic E-state index is 13.2. The summed E-state index contributed by atoms with van der Waals surface area (Å²) < 4.78 is 17.9. The van der Waals surface area contributed by atoms with Gasteiger partial charge >= 0.3 is 0 Å². The fourth-order valence-corrected chi connectivity index (χ4v) is 5.45. The zero-order chi connectivity index (χ0) is 28.9. The van der Waals surface area contributed by atoms with E-state index in [1.807, 2.05) is 31.2 Å². The van der Waals surface area contributed by atoms with Crippen LogP contribution in [0.1, 0.15) is 36.4 Å². The Labute approximate surface area is 239 Å². The number of H-pyrrole nitrogens is 1. The molecule has 0 atom stereocenters. The molecule has 12 heteroatoms. The average molecular weight is 576 g/mol. The van der Waals surface area contributed by atoms with Crippen molar-refractivity contribution < 1.29 is 23.8 Å². The molecule has 0 aliphatic heterocycles.